The van der Waals surface area contributed by atoms with Crippen LogP contribution in [0.2, 0.25) is 0 Å². The van der Waals surface area contributed by atoms with Crippen LogP contribution < -0.4 is 10.1 Å². The van der Waals surface area contributed by atoms with Gasteiger partial charge in [-0.3, -0.25) is 4.79 Å². The molecule has 0 aromatic heterocycles. The van der Waals surface area contributed by atoms with Gasteiger partial charge in [0.2, 0.25) is 0 Å². The first kappa shape index (κ1) is 13.5. The van der Waals surface area contributed by atoms with Crippen molar-refractivity contribution in [1.29, 1.82) is 0 Å². The van der Waals surface area contributed by atoms with Crippen molar-refractivity contribution in [2.24, 2.45) is 0 Å². The Bertz CT molecular complexity index is 348. The van der Waals surface area contributed by atoms with E-state index >= 15 is 0 Å². The van der Waals surface area contributed by atoms with Crippen molar-refractivity contribution in [2.75, 3.05) is 13.2 Å². The second-order valence-electron chi connectivity index (χ2n) is 4.08. The fraction of sp³-hybridized carbons (Fsp3) is 0.462. The van der Waals surface area contributed by atoms with Gasteiger partial charge in [-0.25, -0.2) is 0 Å². The van der Waals surface area contributed by atoms with Crippen molar-refractivity contribution < 1.29 is 14.6 Å². The third kappa shape index (κ3) is 5.36. The van der Waals surface area contributed by atoms with E-state index in [0.717, 1.165) is 5.56 Å². The first-order valence-corrected chi connectivity index (χ1v) is 5.71. The number of aryl methyl sites for hydroxylation is 1. The summed E-state index contributed by atoms with van der Waals surface area (Å²) in [5.74, 6) is 0.507. The lowest BCUT2D eigenvalue weighted by atomic mass is 10.2. The monoisotopic (exact) mass is 237 g/mol. The number of nitrogens with one attached hydrogen (secondary N) is 1. The Labute approximate surface area is 102 Å². The van der Waals surface area contributed by atoms with E-state index in [-0.39, 0.29) is 25.2 Å². The Hall–Kier alpha value is -1.55. The summed E-state index contributed by atoms with van der Waals surface area (Å²) in [6.07, 6.45) is 0.552. The van der Waals surface area contributed by atoms with Gasteiger partial charge in [0, 0.05) is 12.6 Å². The van der Waals surface area contributed by atoms with Crippen LogP contribution in [0.4, 0.5) is 0 Å². The molecule has 0 fully saturated rings. The van der Waals surface area contributed by atoms with Crippen LogP contribution in [-0.2, 0) is 4.79 Å². The number of carbonyl (C=O) groups is 1. The van der Waals surface area contributed by atoms with Crippen LogP contribution in [0.15, 0.2) is 24.3 Å². The zero-order valence-electron chi connectivity index (χ0n) is 10.3. The number of amides is 1. The van der Waals surface area contributed by atoms with E-state index in [9.17, 15) is 4.79 Å². The highest BCUT2D eigenvalue weighted by atomic mass is 16.5. The zero-order valence-corrected chi connectivity index (χ0v) is 10.3. The largest absolute Gasteiger partial charge is 0.484 e. The standard InChI is InChI=1S/C13H19NO3/c1-10-3-5-12(6-4-10)17-9-13(16)14-11(2)7-8-15/h3-6,11,15H,7-9H2,1-2H3,(H,14,16). The molecule has 1 aromatic carbocycles. The molecule has 4 heteroatoms. The van der Waals surface area contributed by atoms with Crippen molar-refractivity contribution in [3.63, 3.8) is 0 Å². The second-order valence-corrected chi connectivity index (χ2v) is 4.08. The van der Waals surface area contributed by atoms with Crippen molar-refractivity contribution in [1.82, 2.24) is 5.32 Å². The van der Waals surface area contributed by atoms with Gasteiger partial charge in [0.25, 0.3) is 5.91 Å². The van der Waals surface area contributed by atoms with Crippen LogP contribution in [0.3, 0.4) is 0 Å². The summed E-state index contributed by atoms with van der Waals surface area (Å²) in [5, 5.41) is 11.4. The number of benzene rings is 1. The highest BCUT2D eigenvalue weighted by molar-refractivity contribution is 5.77. The van der Waals surface area contributed by atoms with Gasteiger partial charge in [0.15, 0.2) is 6.61 Å². The van der Waals surface area contributed by atoms with Gasteiger partial charge in [-0.15, -0.1) is 0 Å². The average Bonchev–Trinajstić information content (AvgIpc) is 2.28. The summed E-state index contributed by atoms with van der Waals surface area (Å²) in [6, 6.07) is 7.50. The number of hydrogen-bond acceptors (Lipinski definition) is 3. The number of carbonyl (C=O) groups excluding carboxylic acids is 1. The van der Waals surface area contributed by atoms with Crippen LogP contribution >= 0.6 is 0 Å². The van der Waals surface area contributed by atoms with E-state index < -0.39 is 0 Å². The second kappa shape index (κ2) is 6.91. The van der Waals surface area contributed by atoms with Crippen molar-refractivity contribution in [2.45, 2.75) is 26.3 Å². The van der Waals surface area contributed by atoms with E-state index in [1.165, 1.54) is 0 Å². The first-order chi connectivity index (χ1) is 8.11. The van der Waals surface area contributed by atoms with Crippen LogP contribution in [0.25, 0.3) is 0 Å². The maximum Gasteiger partial charge on any atom is 0.258 e. The first-order valence-electron chi connectivity index (χ1n) is 5.71. The molecule has 1 amide bonds. The summed E-state index contributed by atoms with van der Waals surface area (Å²) in [6.45, 7) is 3.91. The average molecular weight is 237 g/mol. The van der Waals surface area contributed by atoms with Gasteiger partial charge >= 0.3 is 0 Å². The van der Waals surface area contributed by atoms with E-state index in [0.29, 0.717) is 12.2 Å². The number of hydrogen-bond donors (Lipinski definition) is 2. The Balaban J connectivity index is 2.30. The normalized spacial score (nSPS) is 11.9. The Morgan fingerprint density at radius 3 is 2.65 bits per heavy atom. The topological polar surface area (TPSA) is 58.6 Å². The molecule has 17 heavy (non-hydrogen) atoms. The van der Waals surface area contributed by atoms with Gasteiger partial charge in [0.1, 0.15) is 5.75 Å². The quantitative estimate of drug-likeness (QED) is 0.783. The van der Waals surface area contributed by atoms with Crippen molar-refractivity contribution >= 4 is 5.91 Å². The molecule has 1 atom stereocenters. The number of aliphatic hydroxyl groups excluding tert-OH is 1. The number of rotatable bonds is 6. The predicted molar refractivity (Wildman–Crippen MR) is 66.0 cm³/mol. The third-order valence-electron chi connectivity index (χ3n) is 2.36. The maximum absolute atomic E-state index is 11.5. The molecule has 94 valence electrons. The molecule has 0 heterocycles. The minimum absolute atomic E-state index is 0.00116. The highest BCUT2D eigenvalue weighted by Crippen LogP contribution is 2.10. The molecule has 2 N–H and O–H groups in total. The van der Waals surface area contributed by atoms with E-state index in [4.69, 9.17) is 9.84 Å². The molecule has 0 saturated heterocycles. The third-order valence-corrected chi connectivity index (χ3v) is 2.36. The van der Waals surface area contributed by atoms with Gasteiger partial charge in [-0.1, -0.05) is 17.7 Å². The Kier molecular flexibility index (Phi) is 5.49. The van der Waals surface area contributed by atoms with Crippen molar-refractivity contribution in [3.8, 4) is 5.75 Å². The predicted octanol–water partition coefficient (Wildman–Crippen LogP) is 1.26. The van der Waals surface area contributed by atoms with Crippen LogP contribution in [0, 0.1) is 6.92 Å². The lowest BCUT2D eigenvalue weighted by molar-refractivity contribution is -0.123. The lowest BCUT2D eigenvalue weighted by Crippen LogP contribution is -2.36. The lowest BCUT2D eigenvalue weighted by Gasteiger charge is -2.12. The summed E-state index contributed by atoms with van der Waals surface area (Å²) in [4.78, 5) is 11.5. The molecule has 1 unspecified atom stereocenters. The van der Waals surface area contributed by atoms with Gasteiger partial charge in [-0.2, -0.15) is 0 Å². The zero-order chi connectivity index (χ0) is 12.7. The molecular weight excluding hydrogens is 218 g/mol. The molecular formula is C13H19NO3. The molecule has 4 nitrogen and oxygen atoms in total. The smallest absolute Gasteiger partial charge is 0.258 e. The van der Waals surface area contributed by atoms with Gasteiger partial charge < -0.3 is 15.2 Å². The van der Waals surface area contributed by atoms with Crippen molar-refractivity contribution in [3.05, 3.63) is 29.8 Å². The van der Waals surface area contributed by atoms with E-state index in [2.05, 4.69) is 5.32 Å². The molecule has 0 spiro atoms. The molecule has 0 aliphatic carbocycles. The summed E-state index contributed by atoms with van der Waals surface area (Å²) in [5.41, 5.74) is 1.15. The number of ether oxygens (including phenoxy) is 1. The molecule has 1 rings (SSSR count). The molecule has 0 bridgehead atoms. The summed E-state index contributed by atoms with van der Waals surface area (Å²) < 4.78 is 5.33. The Morgan fingerprint density at radius 2 is 2.06 bits per heavy atom. The fourth-order valence-electron chi connectivity index (χ4n) is 1.37. The minimum atomic E-state index is -0.175. The number of aliphatic hydroxyl groups is 1. The minimum Gasteiger partial charge on any atom is -0.484 e. The van der Waals surface area contributed by atoms with Gasteiger partial charge in [0.05, 0.1) is 0 Å². The van der Waals surface area contributed by atoms with E-state index in [1.807, 2.05) is 38.1 Å². The maximum atomic E-state index is 11.5. The molecule has 0 aliphatic rings. The SMILES string of the molecule is Cc1ccc(OCC(=O)NC(C)CCO)cc1. The fourth-order valence-corrected chi connectivity index (χ4v) is 1.37. The molecule has 0 saturated carbocycles. The highest BCUT2D eigenvalue weighted by Gasteiger charge is 2.07. The summed E-state index contributed by atoms with van der Waals surface area (Å²) >= 11 is 0. The van der Waals surface area contributed by atoms with Crippen LogP contribution in [0.5, 0.6) is 5.75 Å². The Morgan fingerprint density at radius 1 is 1.41 bits per heavy atom. The van der Waals surface area contributed by atoms with Gasteiger partial charge in [-0.05, 0) is 32.4 Å². The van der Waals surface area contributed by atoms with Crippen LogP contribution in [0.1, 0.15) is 18.9 Å². The molecule has 1 aromatic rings. The summed E-state index contributed by atoms with van der Waals surface area (Å²) in [7, 11) is 0. The molecule has 0 aliphatic heterocycles. The van der Waals surface area contributed by atoms with E-state index in [1.54, 1.807) is 0 Å². The van der Waals surface area contributed by atoms with Crippen LogP contribution in [-0.4, -0.2) is 30.3 Å². The molecule has 0 radical (unpaired) electrons.